The van der Waals surface area contributed by atoms with Gasteiger partial charge in [-0.05, 0) is 25.0 Å². The average Bonchev–Trinajstić information content (AvgIpc) is 3.20. The lowest BCUT2D eigenvalue weighted by atomic mass is 10.1. The van der Waals surface area contributed by atoms with Crippen LogP contribution in [0, 0.1) is 11.3 Å². The van der Waals surface area contributed by atoms with E-state index in [0.717, 1.165) is 35.9 Å². The Hall–Kier alpha value is -2.58. The molecule has 5 nitrogen and oxygen atoms in total. The van der Waals surface area contributed by atoms with Crippen molar-refractivity contribution < 1.29 is 9.53 Å². The van der Waals surface area contributed by atoms with Crippen molar-refractivity contribution in [3.05, 3.63) is 41.6 Å². The molecule has 22 heavy (non-hydrogen) atoms. The molecule has 1 aliphatic heterocycles. The van der Waals surface area contributed by atoms with Crippen molar-refractivity contribution in [2.24, 2.45) is 0 Å². The molecule has 2 N–H and O–H groups in total. The van der Waals surface area contributed by atoms with E-state index in [1.54, 1.807) is 12.3 Å². The van der Waals surface area contributed by atoms with Gasteiger partial charge >= 0.3 is 0 Å². The fourth-order valence-corrected chi connectivity index (χ4v) is 2.62. The highest BCUT2D eigenvalue weighted by molar-refractivity contribution is 6.03. The minimum absolute atomic E-state index is 0.0666. The third kappa shape index (κ3) is 3.02. The van der Waals surface area contributed by atoms with Gasteiger partial charge in [-0.3, -0.25) is 4.79 Å². The predicted molar refractivity (Wildman–Crippen MR) is 83.9 cm³/mol. The first kappa shape index (κ1) is 14.4. The molecule has 3 rings (SSSR count). The second kappa shape index (κ2) is 6.46. The second-order valence-electron chi connectivity index (χ2n) is 5.30. The van der Waals surface area contributed by atoms with E-state index in [2.05, 4.69) is 10.3 Å². The van der Waals surface area contributed by atoms with Gasteiger partial charge in [0.15, 0.2) is 0 Å². The van der Waals surface area contributed by atoms with E-state index in [1.165, 1.54) is 0 Å². The van der Waals surface area contributed by atoms with Gasteiger partial charge in [0, 0.05) is 35.8 Å². The molecule has 0 radical (unpaired) electrons. The van der Waals surface area contributed by atoms with Crippen LogP contribution in [0.1, 0.15) is 18.4 Å². The Bertz CT molecular complexity index is 749. The Morgan fingerprint density at radius 3 is 3.14 bits per heavy atom. The van der Waals surface area contributed by atoms with E-state index in [9.17, 15) is 10.1 Å². The number of benzene rings is 1. The molecule has 1 saturated heterocycles. The van der Waals surface area contributed by atoms with Crippen molar-refractivity contribution in [3.63, 3.8) is 0 Å². The number of H-pyrrole nitrogens is 1. The van der Waals surface area contributed by atoms with Gasteiger partial charge in [0.2, 0.25) is 0 Å². The number of para-hydroxylation sites is 1. The minimum Gasteiger partial charge on any atom is -0.376 e. The standard InChI is InChI=1S/C17H17N3O2/c18-9-12(17(21)20-11-14-4-3-7-22-14)8-13-10-19-16-6-2-1-5-15(13)16/h1-2,5-6,8,10,14,19H,3-4,7,11H2,(H,20,21). The SMILES string of the molecule is N#CC(=Cc1c[nH]c2ccccc12)C(=O)NCC1CCCO1. The number of aromatic nitrogens is 1. The Kier molecular flexibility index (Phi) is 4.22. The molecular weight excluding hydrogens is 278 g/mol. The molecule has 0 bridgehead atoms. The third-order valence-electron chi connectivity index (χ3n) is 3.80. The Morgan fingerprint density at radius 2 is 2.36 bits per heavy atom. The molecule has 1 unspecified atom stereocenters. The van der Waals surface area contributed by atoms with E-state index in [4.69, 9.17) is 4.74 Å². The largest absolute Gasteiger partial charge is 0.376 e. The summed E-state index contributed by atoms with van der Waals surface area (Å²) in [4.78, 5) is 15.3. The number of hydrogen-bond acceptors (Lipinski definition) is 3. The highest BCUT2D eigenvalue weighted by atomic mass is 16.5. The molecule has 1 aromatic carbocycles. The summed E-state index contributed by atoms with van der Waals surface area (Å²) < 4.78 is 5.46. The summed E-state index contributed by atoms with van der Waals surface area (Å²) in [6.45, 7) is 1.20. The van der Waals surface area contributed by atoms with Crippen LogP contribution in [0.3, 0.4) is 0 Å². The summed E-state index contributed by atoms with van der Waals surface area (Å²) in [5, 5.41) is 13.0. The number of aromatic amines is 1. The van der Waals surface area contributed by atoms with Crippen LogP contribution in [0.2, 0.25) is 0 Å². The van der Waals surface area contributed by atoms with Crippen LogP contribution in [-0.4, -0.2) is 30.1 Å². The lowest BCUT2D eigenvalue weighted by Gasteiger charge is -2.10. The fourth-order valence-electron chi connectivity index (χ4n) is 2.62. The van der Waals surface area contributed by atoms with Crippen molar-refractivity contribution in [1.82, 2.24) is 10.3 Å². The summed E-state index contributed by atoms with van der Waals surface area (Å²) in [7, 11) is 0. The molecule has 0 spiro atoms. The number of carbonyl (C=O) groups is 1. The number of rotatable bonds is 4. The lowest BCUT2D eigenvalue weighted by molar-refractivity contribution is -0.117. The van der Waals surface area contributed by atoms with Gasteiger partial charge in [-0.15, -0.1) is 0 Å². The Balaban J connectivity index is 1.75. The number of nitrogens with zero attached hydrogens (tertiary/aromatic N) is 1. The topological polar surface area (TPSA) is 77.9 Å². The number of ether oxygens (including phenoxy) is 1. The lowest BCUT2D eigenvalue weighted by Crippen LogP contribution is -2.32. The minimum atomic E-state index is -0.358. The van der Waals surface area contributed by atoms with Gasteiger partial charge in [0.1, 0.15) is 11.6 Å². The Morgan fingerprint density at radius 1 is 1.50 bits per heavy atom. The Labute approximate surface area is 128 Å². The number of amides is 1. The van der Waals surface area contributed by atoms with Gasteiger partial charge in [-0.2, -0.15) is 5.26 Å². The first-order valence-electron chi connectivity index (χ1n) is 7.35. The van der Waals surface area contributed by atoms with Gasteiger partial charge in [-0.1, -0.05) is 18.2 Å². The average molecular weight is 295 g/mol. The van der Waals surface area contributed by atoms with Crippen LogP contribution in [0.4, 0.5) is 0 Å². The molecular formula is C17H17N3O2. The molecule has 5 heteroatoms. The van der Waals surface area contributed by atoms with Crippen molar-refractivity contribution in [2.45, 2.75) is 18.9 Å². The smallest absolute Gasteiger partial charge is 0.262 e. The van der Waals surface area contributed by atoms with E-state index in [0.29, 0.717) is 6.54 Å². The maximum atomic E-state index is 12.1. The number of carbonyl (C=O) groups excluding carboxylic acids is 1. The molecule has 0 aliphatic carbocycles. The van der Waals surface area contributed by atoms with Crippen molar-refractivity contribution in [3.8, 4) is 6.07 Å². The number of nitrogens with one attached hydrogen (secondary N) is 2. The highest BCUT2D eigenvalue weighted by Gasteiger charge is 2.17. The van der Waals surface area contributed by atoms with Gasteiger partial charge in [0.25, 0.3) is 5.91 Å². The quantitative estimate of drug-likeness (QED) is 0.671. The summed E-state index contributed by atoms with van der Waals surface area (Å²) in [6, 6.07) is 9.75. The zero-order valence-corrected chi connectivity index (χ0v) is 12.1. The number of fused-ring (bicyclic) bond motifs is 1. The summed E-state index contributed by atoms with van der Waals surface area (Å²) in [5.41, 5.74) is 1.91. The summed E-state index contributed by atoms with van der Waals surface area (Å²) in [5.74, 6) is -0.358. The van der Waals surface area contributed by atoms with Crippen molar-refractivity contribution >= 4 is 22.9 Å². The van der Waals surface area contributed by atoms with Crippen LogP contribution < -0.4 is 5.32 Å². The third-order valence-corrected chi connectivity index (χ3v) is 3.80. The van der Waals surface area contributed by atoms with E-state index >= 15 is 0 Å². The highest BCUT2D eigenvalue weighted by Crippen LogP contribution is 2.20. The van der Waals surface area contributed by atoms with Gasteiger partial charge in [0.05, 0.1) is 6.10 Å². The summed E-state index contributed by atoms with van der Waals surface area (Å²) in [6.07, 6.45) is 5.46. The van der Waals surface area contributed by atoms with Gasteiger partial charge in [-0.25, -0.2) is 0 Å². The van der Waals surface area contributed by atoms with E-state index in [1.807, 2.05) is 30.3 Å². The monoisotopic (exact) mass is 295 g/mol. The maximum absolute atomic E-state index is 12.1. The van der Waals surface area contributed by atoms with Crippen molar-refractivity contribution in [2.75, 3.05) is 13.2 Å². The van der Waals surface area contributed by atoms with Crippen LogP contribution >= 0.6 is 0 Å². The maximum Gasteiger partial charge on any atom is 0.262 e. The summed E-state index contributed by atoms with van der Waals surface area (Å²) >= 11 is 0. The van der Waals surface area contributed by atoms with Crippen LogP contribution in [0.15, 0.2) is 36.0 Å². The molecule has 112 valence electrons. The molecule has 1 fully saturated rings. The predicted octanol–water partition coefficient (Wildman–Crippen LogP) is 2.37. The fraction of sp³-hybridized carbons (Fsp3) is 0.294. The molecule has 1 aromatic heterocycles. The molecule has 2 heterocycles. The molecule has 1 atom stereocenters. The van der Waals surface area contributed by atoms with Crippen LogP contribution in [-0.2, 0) is 9.53 Å². The first-order valence-corrected chi connectivity index (χ1v) is 7.35. The van der Waals surface area contributed by atoms with E-state index in [-0.39, 0.29) is 17.6 Å². The van der Waals surface area contributed by atoms with E-state index < -0.39 is 0 Å². The molecule has 1 aliphatic rings. The van der Waals surface area contributed by atoms with Gasteiger partial charge < -0.3 is 15.0 Å². The second-order valence-corrected chi connectivity index (χ2v) is 5.30. The normalized spacial score (nSPS) is 18.3. The first-order chi connectivity index (χ1) is 10.8. The van der Waals surface area contributed by atoms with Crippen LogP contribution in [0.5, 0.6) is 0 Å². The molecule has 2 aromatic rings. The molecule has 1 amide bonds. The van der Waals surface area contributed by atoms with Crippen molar-refractivity contribution in [1.29, 1.82) is 5.26 Å². The number of hydrogen-bond donors (Lipinski definition) is 2. The zero-order chi connectivity index (χ0) is 15.4. The number of nitriles is 1. The zero-order valence-electron chi connectivity index (χ0n) is 12.1. The van der Waals surface area contributed by atoms with Crippen LogP contribution in [0.25, 0.3) is 17.0 Å². The molecule has 0 saturated carbocycles.